The van der Waals surface area contributed by atoms with Gasteiger partial charge in [-0.05, 0) is 73.2 Å². The minimum absolute atomic E-state index is 0.186. The van der Waals surface area contributed by atoms with Gasteiger partial charge in [0, 0.05) is 0 Å². The average Bonchev–Trinajstić information content (AvgIpc) is 2.99. The lowest BCUT2D eigenvalue weighted by molar-refractivity contribution is -0.721. The van der Waals surface area contributed by atoms with E-state index in [0.29, 0.717) is 0 Å². The average molecular weight is 372 g/mol. The summed E-state index contributed by atoms with van der Waals surface area (Å²) in [6.07, 6.45) is 10.7. The highest BCUT2D eigenvalue weighted by Crippen LogP contribution is 2.37. The van der Waals surface area contributed by atoms with E-state index in [1.807, 2.05) is 0 Å². The van der Waals surface area contributed by atoms with Crippen molar-refractivity contribution in [2.24, 2.45) is 0 Å². The van der Waals surface area contributed by atoms with Gasteiger partial charge in [-0.25, -0.2) is 4.57 Å². The van der Waals surface area contributed by atoms with Crippen molar-refractivity contribution >= 4 is 27.5 Å². The minimum Gasteiger partial charge on any atom is -0.217 e. The number of imidazole rings is 1. The number of unbranched alkanes of at least 4 members (excludes halogenated alkanes) is 1. The Morgan fingerprint density at radius 3 is 2.68 bits per heavy atom. The molecule has 144 valence electrons. The van der Waals surface area contributed by atoms with Crippen molar-refractivity contribution in [3.63, 3.8) is 0 Å². The molecular formula is C26H31N2+. The summed E-state index contributed by atoms with van der Waals surface area (Å²) in [5.41, 5.74) is 7.32. The molecular weight excluding hydrogens is 340 g/mol. The zero-order valence-electron chi connectivity index (χ0n) is 17.5. The first-order chi connectivity index (χ1) is 13.7. The molecule has 0 radical (unpaired) electrons. The highest BCUT2D eigenvalue weighted by atomic mass is 15.2. The molecule has 0 amide bonds. The van der Waals surface area contributed by atoms with Crippen molar-refractivity contribution in [2.75, 3.05) is 0 Å². The van der Waals surface area contributed by atoms with Crippen LogP contribution in [0.4, 0.5) is 0 Å². The summed E-state index contributed by atoms with van der Waals surface area (Å²) in [5.74, 6) is 0. The number of nitrogens with zero attached hydrogens (tertiary/aromatic N) is 2. The number of aryl methyl sites for hydroxylation is 2. The van der Waals surface area contributed by atoms with Gasteiger partial charge in [-0.15, -0.1) is 0 Å². The molecule has 1 aliphatic heterocycles. The molecule has 28 heavy (non-hydrogen) atoms. The third-order valence-electron chi connectivity index (χ3n) is 7.26. The second-order valence-electron chi connectivity index (χ2n) is 8.58. The molecule has 0 saturated carbocycles. The maximum absolute atomic E-state index is 2.71. The van der Waals surface area contributed by atoms with Crippen LogP contribution in [0.3, 0.4) is 0 Å². The zero-order chi connectivity index (χ0) is 19.3. The first kappa shape index (κ1) is 17.7. The summed E-state index contributed by atoms with van der Waals surface area (Å²) in [4.78, 5) is 0. The van der Waals surface area contributed by atoms with Gasteiger partial charge in [0.25, 0.3) is 5.65 Å². The predicted octanol–water partition coefficient (Wildman–Crippen LogP) is 6.34. The van der Waals surface area contributed by atoms with Crippen LogP contribution in [0, 0.1) is 0 Å². The van der Waals surface area contributed by atoms with Gasteiger partial charge >= 0.3 is 0 Å². The molecule has 0 N–H and O–H groups in total. The number of hydrogen-bond donors (Lipinski definition) is 0. The topological polar surface area (TPSA) is 8.29 Å². The van der Waals surface area contributed by atoms with Gasteiger partial charge in [0.1, 0.15) is 5.54 Å². The molecule has 0 aliphatic carbocycles. The lowest BCUT2D eigenvalue weighted by Gasteiger charge is -2.28. The third kappa shape index (κ3) is 2.36. The highest BCUT2D eigenvalue weighted by Gasteiger charge is 2.40. The Hall–Kier alpha value is -2.35. The fourth-order valence-electron chi connectivity index (χ4n) is 5.48. The van der Waals surface area contributed by atoms with Gasteiger partial charge in [-0.3, -0.25) is 0 Å². The maximum Gasteiger partial charge on any atom is 0.295 e. The molecule has 2 aromatic carbocycles. The molecule has 0 unspecified atom stereocenters. The van der Waals surface area contributed by atoms with Crippen LogP contribution in [-0.2, 0) is 18.4 Å². The smallest absolute Gasteiger partial charge is 0.217 e. The van der Waals surface area contributed by atoms with E-state index < -0.39 is 0 Å². The number of pyridine rings is 1. The van der Waals surface area contributed by atoms with Crippen LogP contribution in [0.5, 0.6) is 0 Å². The zero-order valence-corrected chi connectivity index (χ0v) is 17.5. The first-order valence-corrected chi connectivity index (χ1v) is 11.1. The van der Waals surface area contributed by atoms with Gasteiger partial charge in [0.2, 0.25) is 0 Å². The van der Waals surface area contributed by atoms with Crippen LogP contribution in [0.15, 0.2) is 48.7 Å². The van der Waals surface area contributed by atoms with E-state index in [4.69, 9.17) is 0 Å². The van der Waals surface area contributed by atoms with Gasteiger partial charge in [-0.2, -0.15) is 4.40 Å². The maximum atomic E-state index is 2.71. The molecule has 4 aromatic rings. The van der Waals surface area contributed by atoms with E-state index in [1.165, 1.54) is 77.1 Å². The number of fused-ring (bicyclic) bond motifs is 3. The van der Waals surface area contributed by atoms with Crippen molar-refractivity contribution in [1.29, 1.82) is 0 Å². The summed E-state index contributed by atoms with van der Waals surface area (Å²) in [5, 5.41) is 2.83. The van der Waals surface area contributed by atoms with Crippen LogP contribution in [0.2, 0.25) is 0 Å². The Labute approximate surface area is 167 Å². The highest BCUT2D eigenvalue weighted by molar-refractivity contribution is 5.98. The van der Waals surface area contributed by atoms with Crippen LogP contribution in [0.1, 0.15) is 64.0 Å². The Kier molecular flexibility index (Phi) is 4.19. The Balaban J connectivity index is 1.95. The Bertz CT molecular complexity index is 1180. The van der Waals surface area contributed by atoms with Crippen LogP contribution >= 0.6 is 0 Å². The third-order valence-corrected chi connectivity index (χ3v) is 7.26. The lowest BCUT2D eigenvalue weighted by atomic mass is 9.86. The van der Waals surface area contributed by atoms with Gasteiger partial charge in [-0.1, -0.05) is 51.5 Å². The Morgan fingerprint density at radius 1 is 1.04 bits per heavy atom. The van der Waals surface area contributed by atoms with Gasteiger partial charge in [0.15, 0.2) is 11.0 Å². The van der Waals surface area contributed by atoms with Crippen LogP contribution in [-0.4, -0.2) is 4.40 Å². The van der Waals surface area contributed by atoms with Crippen LogP contribution < -0.4 is 4.57 Å². The van der Waals surface area contributed by atoms with Crippen molar-refractivity contribution < 1.29 is 4.57 Å². The molecule has 0 atom stereocenters. The lowest BCUT2D eigenvalue weighted by Crippen LogP contribution is -2.55. The minimum atomic E-state index is 0.186. The molecule has 1 aliphatic rings. The van der Waals surface area contributed by atoms with Crippen molar-refractivity contribution in [2.45, 2.75) is 71.3 Å². The molecule has 0 saturated heterocycles. The molecule has 3 heterocycles. The first-order valence-electron chi connectivity index (χ1n) is 11.1. The number of rotatable bonds is 5. The molecule has 2 aromatic heterocycles. The van der Waals surface area contributed by atoms with Crippen molar-refractivity contribution in [3.05, 3.63) is 59.8 Å². The summed E-state index contributed by atoms with van der Waals surface area (Å²) >= 11 is 0. The molecule has 2 heteroatoms. The molecule has 0 spiro atoms. The fraction of sp³-hybridized carbons (Fsp3) is 0.423. The van der Waals surface area contributed by atoms with E-state index in [2.05, 4.69) is 78.4 Å². The summed E-state index contributed by atoms with van der Waals surface area (Å²) in [6.45, 7) is 7.02. The summed E-state index contributed by atoms with van der Waals surface area (Å²) in [7, 11) is 0. The SMILES string of the molecule is CCCCc1ccc2c(c1)n1ccc3cccc4c3c1[n+]2C(CC)(CC)CC4. The molecule has 5 rings (SSSR count). The van der Waals surface area contributed by atoms with Gasteiger partial charge in [0.05, 0.1) is 11.6 Å². The molecule has 2 nitrogen and oxygen atoms in total. The monoisotopic (exact) mass is 371 g/mol. The van der Waals surface area contributed by atoms with E-state index >= 15 is 0 Å². The van der Waals surface area contributed by atoms with E-state index in [9.17, 15) is 0 Å². The second kappa shape index (κ2) is 6.62. The van der Waals surface area contributed by atoms with E-state index in [0.717, 1.165) is 6.42 Å². The predicted molar refractivity (Wildman–Crippen MR) is 118 cm³/mol. The standard InChI is InChI=1S/C26H31N2/c1-4-7-9-19-12-13-22-23(18-19)27-17-15-21-11-8-10-20-14-16-26(5-2,6-3)28(22)25(27)24(20)21/h8,10-13,15,17-18H,4-7,9,14,16H2,1-3H3/q+1. The second-order valence-corrected chi connectivity index (χ2v) is 8.58. The van der Waals surface area contributed by atoms with Gasteiger partial charge < -0.3 is 0 Å². The summed E-state index contributed by atoms with van der Waals surface area (Å²) in [6, 6.07) is 16.4. The van der Waals surface area contributed by atoms with E-state index in [1.54, 1.807) is 0 Å². The molecule has 0 fully saturated rings. The Morgan fingerprint density at radius 2 is 1.89 bits per heavy atom. The quantitative estimate of drug-likeness (QED) is 0.362. The van der Waals surface area contributed by atoms with Crippen LogP contribution in [0.25, 0.3) is 27.5 Å². The molecule has 0 bridgehead atoms. The number of aromatic nitrogens is 2. The van der Waals surface area contributed by atoms with Crippen molar-refractivity contribution in [1.82, 2.24) is 4.40 Å². The number of benzene rings is 2. The normalized spacial score (nSPS) is 15.7. The number of hydrogen-bond acceptors (Lipinski definition) is 0. The fourth-order valence-corrected chi connectivity index (χ4v) is 5.48. The summed E-state index contributed by atoms with van der Waals surface area (Å²) < 4.78 is 5.19. The van der Waals surface area contributed by atoms with Crippen molar-refractivity contribution in [3.8, 4) is 0 Å². The van der Waals surface area contributed by atoms with E-state index in [-0.39, 0.29) is 5.54 Å². The largest absolute Gasteiger partial charge is 0.295 e.